The van der Waals surface area contributed by atoms with Gasteiger partial charge in [0.1, 0.15) is 5.82 Å². The van der Waals surface area contributed by atoms with Crippen LogP contribution in [0.1, 0.15) is 45.0 Å². The maximum Gasteiger partial charge on any atom is 0.344 e. The molecule has 0 spiro atoms. The number of nitrogens with zero attached hydrogens (tertiary/aromatic N) is 3. The molecule has 10 heteroatoms. The Labute approximate surface area is 214 Å². The van der Waals surface area contributed by atoms with E-state index in [0.717, 1.165) is 4.47 Å². The minimum atomic E-state index is -0.470. The summed E-state index contributed by atoms with van der Waals surface area (Å²) >= 11 is 6.92. The second-order valence-corrected chi connectivity index (χ2v) is 9.26. The van der Waals surface area contributed by atoms with Crippen molar-refractivity contribution in [2.75, 3.05) is 19.8 Å². The topological polar surface area (TPSA) is 92.0 Å². The van der Waals surface area contributed by atoms with E-state index in [1.165, 1.54) is 4.68 Å². The van der Waals surface area contributed by atoms with Gasteiger partial charge in [-0.3, -0.25) is 4.79 Å². The molecule has 1 heterocycles. The second-order valence-electron chi connectivity index (χ2n) is 7.49. The van der Waals surface area contributed by atoms with Crippen LogP contribution in [0, 0.1) is 0 Å². The van der Waals surface area contributed by atoms with Gasteiger partial charge in [0.15, 0.2) is 18.1 Å². The summed E-state index contributed by atoms with van der Waals surface area (Å²) in [5.41, 5.74) is 1.01. The van der Waals surface area contributed by atoms with E-state index in [4.69, 9.17) is 14.2 Å². The van der Waals surface area contributed by atoms with Gasteiger partial charge in [0.25, 0.3) is 5.56 Å². The van der Waals surface area contributed by atoms with E-state index in [1.807, 2.05) is 26.8 Å². The number of fused-ring (bicyclic) bond motifs is 1. The molecule has 3 rings (SSSR count). The zero-order valence-electron chi connectivity index (χ0n) is 19.3. The Morgan fingerprint density at radius 3 is 2.53 bits per heavy atom. The summed E-state index contributed by atoms with van der Waals surface area (Å²) in [6, 6.07) is 8.81. The summed E-state index contributed by atoms with van der Waals surface area (Å²) in [5, 5.41) is 4.93. The fourth-order valence-electron chi connectivity index (χ4n) is 3.14. The van der Waals surface area contributed by atoms with E-state index >= 15 is 0 Å². The van der Waals surface area contributed by atoms with Gasteiger partial charge in [-0.1, -0.05) is 29.8 Å². The Morgan fingerprint density at radius 2 is 1.85 bits per heavy atom. The molecule has 0 radical (unpaired) electrons. The largest absolute Gasteiger partial charge is 0.490 e. The third-order valence-corrected chi connectivity index (χ3v) is 5.86. The van der Waals surface area contributed by atoms with Crippen molar-refractivity contribution >= 4 is 54.9 Å². The molecule has 0 unspecified atom stereocenters. The SMILES string of the molecule is CCOC(=O)COc1cc(Br)c(C=Nn2c(C(C)C)nc3ccc(Br)cc3c2=O)cc1OCC. The van der Waals surface area contributed by atoms with Crippen LogP contribution in [0.3, 0.4) is 0 Å². The molecule has 8 nitrogen and oxygen atoms in total. The number of aromatic nitrogens is 2. The lowest BCUT2D eigenvalue weighted by Crippen LogP contribution is -2.23. The van der Waals surface area contributed by atoms with Crippen LogP contribution in [0.4, 0.5) is 0 Å². The van der Waals surface area contributed by atoms with Crippen LogP contribution in [0.15, 0.2) is 49.2 Å². The van der Waals surface area contributed by atoms with Crippen molar-refractivity contribution in [3.8, 4) is 11.5 Å². The van der Waals surface area contributed by atoms with Crippen LogP contribution in [-0.4, -0.2) is 41.7 Å². The molecule has 34 heavy (non-hydrogen) atoms. The summed E-state index contributed by atoms with van der Waals surface area (Å²) in [6.45, 7) is 7.92. The zero-order valence-corrected chi connectivity index (χ0v) is 22.5. The van der Waals surface area contributed by atoms with Crippen LogP contribution >= 0.6 is 31.9 Å². The summed E-state index contributed by atoms with van der Waals surface area (Å²) in [7, 11) is 0. The van der Waals surface area contributed by atoms with Gasteiger partial charge in [-0.2, -0.15) is 9.78 Å². The number of ether oxygens (including phenoxy) is 3. The number of halogens is 2. The highest BCUT2D eigenvalue weighted by Gasteiger charge is 2.15. The monoisotopic (exact) mass is 593 g/mol. The zero-order chi connectivity index (χ0) is 24.8. The van der Waals surface area contributed by atoms with Crippen molar-refractivity contribution in [2.45, 2.75) is 33.6 Å². The Morgan fingerprint density at radius 1 is 1.12 bits per heavy atom. The van der Waals surface area contributed by atoms with Gasteiger partial charge in [-0.25, -0.2) is 9.78 Å². The van der Waals surface area contributed by atoms with Crippen molar-refractivity contribution < 1.29 is 19.0 Å². The highest BCUT2D eigenvalue weighted by Crippen LogP contribution is 2.33. The maximum atomic E-state index is 13.2. The lowest BCUT2D eigenvalue weighted by atomic mass is 10.2. The van der Waals surface area contributed by atoms with E-state index in [9.17, 15) is 9.59 Å². The van der Waals surface area contributed by atoms with E-state index < -0.39 is 5.97 Å². The minimum absolute atomic E-state index is 0.0287. The van der Waals surface area contributed by atoms with Gasteiger partial charge < -0.3 is 14.2 Å². The molecular formula is C24H25Br2N3O5. The molecule has 0 atom stereocenters. The van der Waals surface area contributed by atoms with Crippen molar-refractivity contribution in [1.29, 1.82) is 0 Å². The number of esters is 1. The molecule has 0 saturated carbocycles. The van der Waals surface area contributed by atoms with Crippen molar-refractivity contribution in [2.24, 2.45) is 5.10 Å². The number of hydrogen-bond acceptors (Lipinski definition) is 7. The Bertz CT molecular complexity index is 1290. The predicted octanol–water partition coefficient (Wildman–Crippen LogP) is 5.27. The maximum absolute atomic E-state index is 13.2. The van der Waals surface area contributed by atoms with Crippen molar-refractivity contribution in [3.63, 3.8) is 0 Å². The molecule has 0 aliphatic carbocycles. The highest BCUT2D eigenvalue weighted by molar-refractivity contribution is 9.10. The minimum Gasteiger partial charge on any atom is -0.490 e. The van der Waals surface area contributed by atoms with E-state index in [2.05, 4.69) is 41.9 Å². The van der Waals surface area contributed by atoms with Crippen LogP contribution in [0.2, 0.25) is 0 Å². The van der Waals surface area contributed by atoms with E-state index in [-0.39, 0.29) is 24.7 Å². The molecule has 0 aliphatic rings. The highest BCUT2D eigenvalue weighted by atomic mass is 79.9. The Hall–Kier alpha value is -2.72. The third-order valence-electron chi connectivity index (χ3n) is 4.68. The fraction of sp³-hybridized carbons (Fsp3) is 0.333. The summed E-state index contributed by atoms with van der Waals surface area (Å²) in [4.78, 5) is 29.6. The standard InChI is InChI=1S/C24H25Br2N3O5/c1-5-32-20-9-15(18(26)11-21(20)34-13-22(30)33-6-2)12-27-29-23(14(3)4)28-19-8-7-16(25)10-17(19)24(29)31/h7-12,14H,5-6,13H2,1-4H3. The first-order chi connectivity index (χ1) is 16.2. The van der Waals surface area contributed by atoms with Gasteiger partial charge in [0, 0.05) is 20.4 Å². The van der Waals surface area contributed by atoms with Crippen LogP contribution in [-0.2, 0) is 9.53 Å². The first kappa shape index (κ1) is 25.9. The van der Waals surface area contributed by atoms with Gasteiger partial charge in [0.2, 0.25) is 0 Å². The molecule has 0 fully saturated rings. The first-order valence-corrected chi connectivity index (χ1v) is 12.3. The number of benzene rings is 2. The van der Waals surface area contributed by atoms with Crippen LogP contribution < -0.4 is 15.0 Å². The smallest absolute Gasteiger partial charge is 0.344 e. The molecule has 0 aliphatic heterocycles. The molecule has 3 aromatic rings. The Balaban J connectivity index is 2.02. The number of rotatable bonds is 9. The summed E-state index contributed by atoms with van der Waals surface area (Å²) in [5.74, 6) is 0.873. The molecule has 0 saturated heterocycles. The van der Waals surface area contributed by atoms with Gasteiger partial charge in [0.05, 0.1) is 30.3 Å². The number of carbonyl (C=O) groups is 1. The van der Waals surface area contributed by atoms with E-state index in [1.54, 1.807) is 37.4 Å². The van der Waals surface area contributed by atoms with Crippen molar-refractivity contribution in [1.82, 2.24) is 9.66 Å². The van der Waals surface area contributed by atoms with Gasteiger partial charge in [-0.15, -0.1) is 0 Å². The molecule has 0 N–H and O–H groups in total. The van der Waals surface area contributed by atoms with E-state index in [0.29, 0.717) is 44.9 Å². The third kappa shape index (κ3) is 6.04. The molecule has 2 aromatic carbocycles. The van der Waals surface area contributed by atoms with Gasteiger partial charge >= 0.3 is 5.97 Å². The normalized spacial score (nSPS) is 11.4. The van der Waals surface area contributed by atoms with Crippen LogP contribution in [0.25, 0.3) is 10.9 Å². The quantitative estimate of drug-likeness (QED) is 0.248. The Kier molecular flexibility index (Phi) is 8.84. The van der Waals surface area contributed by atoms with Gasteiger partial charge in [-0.05, 0) is 60.1 Å². The molecular weight excluding hydrogens is 570 g/mol. The fourth-order valence-corrected chi connectivity index (χ4v) is 3.93. The lowest BCUT2D eigenvalue weighted by Gasteiger charge is -2.14. The lowest BCUT2D eigenvalue weighted by molar-refractivity contribution is -0.145. The second kappa shape index (κ2) is 11.6. The average molecular weight is 595 g/mol. The van der Waals surface area contributed by atoms with Crippen LogP contribution in [0.5, 0.6) is 11.5 Å². The molecule has 0 bridgehead atoms. The number of carbonyl (C=O) groups excluding carboxylic acids is 1. The average Bonchev–Trinajstić information content (AvgIpc) is 2.79. The molecule has 0 amide bonds. The number of hydrogen-bond donors (Lipinski definition) is 0. The van der Waals surface area contributed by atoms with Crippen molar-refractivity contribution in [3.05, 3.63) is 61.0 Å². The summed E-state index contributed by atoms with van der Waals surface area (Å²) < 4.78 is 18.9. The molecule has 180 valence electrons. The summed E-state index contributed by atoms with van der Waals surface area (Å²) in [6.07, 6.45) is 1.56. The molecule has 1 aromatic heterocycles. The predicted molar refractivity (Wildman–Crippen MR) is 138 cm³/mol. The first-order valence-electron chi connectivity index (χ1n) is 10.8.